The van der Waals surface area contributed by atoms with Crippen LogP contribution < -0.4 is 0 Å². The molecule has 2 heterocycles. The molecule has 0 bridgehead atoms. The lowest BCUT2D eigenvalue weighted by atomic mass is 9.97. The average Bonchev–Trinajstić information content (AvgIpc) is 3.05. The fourth-order valence-corrected chi connectivity index (χ4v) is 5.36. The monoisotopic (exact) mass is 401 g/mol. The van der Waals surface area contributed by atoms with Crippen molar-refractivity contribution in [3.05, 3.63) is 45.9 Å². The van der Waals surface area contributed by atoms with E-state index in [1.807, 2.05) is 11.8 Å². The van der Waals surface area contributed by atoms with Crippen molar-refractivity contribution in [1.29, 1.82) is 0 Å². The van der Waals surface area contributed by atoms with E-state index in [9.17, 15) is 0 Å². The highest BCUT2D eigenvalue weighted by molar-refractivity contribution is 8.07. The highest BCUT2D eigenvalue weighted by Crippen LogP contribution is 2.44. The number of fused-ring (bicyclic) bond motifs is 2. The van der Waals surface area contributed by atoms with E-state index < -0.39 is 0 Å². The summed E-state index contributed by atoms with van der Waals surface area (Å²) >= 11 is 1.92. The predicted molar refractivity (Wildman–Crippen MR) is 116 cm³/mol. The second-order valence-electron chi connectivity index (χ2n) is 7.61. The average molecular weight is 402 g/mol. The lowest BCUT2D eigenvalue weighted by molar-refractivity contribution is 0.0746. The number of allylic oxidation sites excluding steroid dienone is 5. The second-order valence-corrected chi connectivity index (χ2v) is 8.73. The molecule has 5 nitrogen and oxygen atoms in total. The molecule has 28 heavy (non-hydrogen) atoms. The molecule has 0 aromatic carbocycles. The van der Waals surface area contributed by atoms with Gasteiger partial charge in [-0.1, -0.05) is 42.1 Å². The Morgan fingerprint density at radius 1 is 1.14 bits per heavy atom. The fraction of sp³-hybridized carbons (Fsp3) is 0.591. The van der Waals surface area contributed by atoms with E-state index >= 15 is 0 Å². The van der Waals surface area contributed by atoms with Crippen LogP contribution in [0.1, 0.15) is 25.7 Å². The summed E-state index contributed by atoms with van der Waals surface area (Å²) in [6.07, 6.45) is 15.9. The number of aliphatic imine (C=N–C) groups is 1. The Morgan fingerprint density at radius 2 is 2.07 bits per heavy atom. The van der Waals surface area contributed by atoms with Gasteiger partial charge in [-0.25, -0.2) is 4.99 Å². The fourth-order valence-electron chi connectivity index (χ4n) is 4.19. The number of amidine groups is 1. The third-order valence-electron chi connectivity index (χ3n) is 5.67. The van der Waals surface area contributed by atoms with E-state index in [1.54, 1.807) is 0 Å². The molecule has 0 aromatic heterocycles. The van der Waals surface area contributed by atoms with Crippen molar-refractivity contribution in [3.63, 3.8) is 0 Å². The van der Waals surface area contributed by atoms with Crippen molar-refractivity contribution in [2.24, 2.45) is 10.9 Å². The summed E-state index contributed by atoms with van der Waals surface area (Å²) in [6, 6.07) is 0. The first-order valence-electron chi connectivity index (χ1n) is 10.5. The van der Waals surface area contributed by atoms with E-state index in [1.165, 1.54) is 21.3 Å². The first kappa shape index (κ1) is 20.0. The molecule has 152 valence electrons. The molecule has 0 radical (unpaired) electrons. The van der Waals surface area contributed by atoms with Crippen LogP contribution in [0.25, 0.3) is 0 Å². The number of nitrogens with zero attached hydrogens (tertiary/aromatic N) is 3. The number of ether oxygens (including phenoxy) is 1. The molecule has 0 aromatic rings. The van der Waals surface area contributed by atoms with Crippen molar-refractivity contribution < 1.29 is 9.84 Å². The van der Waals surface area contributed by atoms with Crippen molar-refractivity contribution in [2.75, 3.05) is 52.5 Å². The van der Waals surface area contributed by atoms with E-state index in [-0.39, 0.29) is 6.61 Å². The van der Waals surface area contributed by atoms with Crippen molar-refractivity contribution >= 4 is 17.6 Å². The molecular formula is C22H31N3O2S. The second kappa shape index (κ2) is 9.92. The minimum atomic E-state index is 0.101. The van der Waals surface area contributed by atoms with E-state index in [4.69, 9.17) is 14.8 Å². The first-order valence-corrected chi connectivity index (χ1v) is 11.4. The number of aliphatic hydroxyl groups is 1. The van der Waals surface area contributed by atoms with Crippen LogP contribution in [0.2, 0.25) is 0 Å². The Bertz CT molecular complexity index is 711. The summed E-state index contributed by atoms with van der Waals surface area (Å²) in [4.78, 5) is 13.0. The normalized spacial score (nSPS) is 25.6. The van der Waals surface area contributed by atoms with Crippen molar-refractivity contribution in [2.45, 2.75) is 25.7 Å². The van der Waals surface area contributed by atoms with Gasteiger partial charge in [0.2, 0.25) is 0 Å². The summed E-state index contributed by atoms with van der Waals surface area (Å²) in [5.74, 6) is 1.65. The van der Waals surface area contributed by atoms with Gasteiger partial charge in [0.25, 0.3) is 0 Å². The lowest BCUT2D eigenvalue weighted by Crippen LogP contribution is -2.40. The molecule has 2 aliphatic heterocycles. The summed E-state index contributed by atoms with van der Waals surface area (Å²) < 4.78 is 5.46. The third-order valence-corrected chi connectivity index (χ3v) is 6.92. The largest absolute Gasteiger partial charge is 0.394 e. The summed E-state index contributed by atoms with van der Waals surface area (Å²) in [7, 11) is 0. The maximum absolute atomic E-state index is 8.85. The molecule has 4 rings (SSSR count). The molecule has 1 atom stereocenters. The first-order chi connectivity index (χ1) is 13.8. The number of aliphatic hydroxyl groups excluding tert-OH is 1. The van der Waals surface area contributed by atoms with Gasteiger partial charge in [-0.05, 0) is 32.2 Å². The maximum atomic E-state index is 8.85. The maximum Gasteiger partial charge on any atom is 0.113 e. The predicted octanol–water partition coefficient (Wildman–Crippen LogP) is 3.17. The van der Waals surface area contributed by atoms with Gasteiger partial charge in [0, 0.05) is 36.0 Å². The van der Waals surface area contributed by atoms with Gasteiger partial charge in [0.1, 0.15) is 5.84 Å². The molecule has 1 N–H and O–H groups in total. The number of hydrogen-bond donors (Lipinski definition) is 1. The highest BCUT2D eigenvalue weighted by Gasteiger charge is 2.32. The zero-order valence-corrected chi connectivity index (χ0v) is 17.4. The molecule has 1 unspecified atom stereocenters. The molecule has 0 amide bonds. The van der Waals surface area contributed by atoms with Crippen LogP contribution in [0, 0.1) is 5.92 Å². The Balaban J connectivity index is 1.48. The van der Waals surface area contributed by atoms with Gasteiger partial charge in [0.15, 0.2) is 0 Å². The van der Waals surface area contributed by atoms with Gasteiger partial charge in [-0.2, -0.15) is 0 Å². The number of rotatable bonds is 5. The molecule has 1 saturated heterocycles. The van der Waals surface area contributed by atoms with Crippen LogP contribution in [-0.4, -0.2) is 73.3 Å². The minimum Gasteiger partial charge on any atom is -0.394 e. The van der Waals surface area contributed by atoms with Gasteiger partial charge in [-0.15, -0.1) is 0 Å². The molecular weight excluding hydrogens is 370 g/mol. The van der Waals surface area contributed by atoms with Crippen LogP contribution >= 0.6 is 11.8 Å². The molecule has 0 spiro atoms. The van der Waals surface area contributed by atoms with Gasteiger partial charge < -0.3 is 14.7 Å². The lowest BCUT2D eigenvalue weighted by Gasteiger charge is -2.30. The zero-order chi connectivity index (χ0) is 19.2. The Hall–Kier alpha value is -1.34. The van der Waals surface area contributed by atoms with Crippen LogP contribution in [0.15, 0.2) is 50.9 Å². The van der Waals surface area contributed by atoms with Gasteiger partial charge in [0.05, 0.1) is 31.4 Å². The minimum absolute atomic E-state index is 0.101. The molecule has 1 fully saturated rings. The number of hydrogen-bond acceptors (Lipinski definition) is 6. The Kier molecular flexibility index (Phi) is 7.07. The quantitative estimate of drug-likeness (QED) is 0.717. The van der Waals surface area contributed by atoms with Crippen LogP contribution in [-0.2, 0) is 4.74 Å². The molecule has 6 heteroatoms. The van der Waals surface area contributed by atoms with Crippen molar-refractivity contribution in [1.82, 2.24) is 9.80 Å². The van der Waals surface area contributed by atoms with Crippen molar-refractivity contribution in [3.8, 4) is 0 Å². The Labute approximate surface area is 172 Å². The summed E-state index contributed by atoms with van der Waals surface area (Å²) in [6.45, 7) is 6.39. The highest BCUT2D eigenvalue weighted by atomic mass is 32.2. The smallest absolute Gasteiger partial charge is 0.113 e. The molecule has 2 aliphatic carbocycles. The van der Waals surface area contributed by atoms with E-state index in [0.29, 0.717) is 19.1 Å². The number of thioether (sulfide) groups is 1. The third kappa shape index (κ3) is 4.79. The summed E-state index contributed by atoms with van der Waals surface area (Å²) in [5.41, 5.74) is 1.18. The van der Waals surface area contributed by atoms with Crippen LogP contribution in [0.4, 0.5) is 0 Å². The molecule has 0 saturated carbocycles. The topological polar surface area (TPSA) is 48.3 Å². The van der Waals surface area contributed by atoms with Gasteiger partial charge in [-0.3, -0.25) is 4.90 Å². The Morgan fingerprint density at radius 3 is 3.00 bits per heavy atom. The zero-order valence-electron chi connectivity index (χ0n) is 16.6. The SMILES string of the molecule is OCCOCCN1CCCN(C2=NC3=CCCC=C3SC3=CC=CCC32)CC1. The van der Waals surface area contributed by atoms with Gasteiger partial charge >= 0.3 is 0 Å². The standard InChI is InChI=1S/C22H31N3O2S/c26-15-17-27-16-14-24-10-5-11-25(13-12-24)22-18-6-1-3-8-20(18)28-21-9-4-2-7-19(21)23-22/h1,3,7-9,18,26H,2,4-6,10-17H2. The molecule has 4 aliphatic rings. The van der Waals surface area contributed by atoms with E-state index in [0.717, 1.165) is 58.4 Å². The van der Waals surface area contributed by atoms with Crippen LogP contribution in [0.3, 0.4) is 0 Å². The van der Waals surface area contributed by atoms with Crippen LogP contribution in [0.5, 0.6) is 0 Å². The van der Waals surface area contributed by atoms with E-state index in [2.05, 4.69) is 40.2 Å². The summed E-state index contributed by atoms with van der Waals surface area (Å²) in [5, 5.41) is 8.85.